The summed E-state index contributed by atoms with van der Waals surface area (Å²) in [4.78, 5) is 2.52. The molecule has 1 aromatic heterocycles. The van der Waals surface area contributed by atoms with Crippen LogP contribution in [0.2, 0.25) is 0 Å². The van der Waals surface area contributed by atoms with E-state index in [1.165, 1.54) is 31.4 Å². The minimum absolute atomic E-state index is 0.488. The lowest BCUT2D eigenvalue weighted by Gasteiger charge is -2.27. The second-order valence-corrected chi connectivity index (χ2v) is 6.02. The molecule has 1 saturated carbocycles. The third-order valence-electron chi connectivity index (χ3n) is 4.28. The summed E-state index contributed by atoms with van der Waals surface area (Å²) in [5, 5.41) is 4.71. The van der Waals surface area contributed by atoms with Crippen LogP contribution >= 0.6 is 11.6 Å². The van der Waals surface area contributed by atoms with E-state index in [2.05, 4.69) is 35.7 Å². The van der Waals surface area contributed by atoms with Gasteiger partial charge in [-0.3, -0.25) is 9.58 Å². The van der Waals surface area contributed by atoms with E-state index in [0.717, 1.165) is 19.5 Å². The number of alkyl halides is 1. The number of hydrogen-bond donors (Lipinski definition) is 0. The maximum Gasteiger partial charge on any atom is 0.0765 e. The topological polar surface area (TPSA) is 21.1 Å². The van der Waals surface area contributed by atoms with Gasteiger partial charge in [-0.15, -0.1) is 11.6 Å². The highest BCUT2D eigenvalue weighted by molar-refractivity contribution is 6.18. The second-order valence-electron chi connectivity index (χ2n) is 5.64. The molecule has 0 amide bonds. The van der Waals surface area contributed by atoms with E-state index in [1.54, 1.807) is 0 Å². The molecule has 1 fully saturated rings. The monoisotopic (exact) mass is 283 g/mol. The van der Waals surface area contributed by atoms with E-state index in [4.69, 9.17) is 16.7 Å². The van der Waals surface area contributed by atoms with Gasteiger partial charge in [0, 0.05) is 37.3 Å². The third kappa shape index (κ3) is 3.96. The Balaban J connectivity index is 1.97. The van der Waals surface area contributed by atoms with Crippen molar-refractivity contribution >= 4 is 11.6 Å². The fourth-order valence-corrected chi connectivity index (χ4v) is 3.09. The lowest BCUT2D eigenvalue weighted by atomic mass is 10.2. The smallest absolute Gasteiger partial charge is 0.0765 e. The minimum Gasteiger partial charge on any atom is -0.293 e. The van der Waals surface area contributed by atoms with E-state index in [1.807, 2.05) is 0 Å². The van der Waals surface area contributed by atoms with Crippen molar-refractivity contribution in [1.29, 1.82) is 0 Å². The molecule has 1 atom stereocenters. The van der Waals surface area contributed by atoms with Crippen molar-refractivity contribution in [2.24, 2.45) is 0 Å². The fraction of sp³-hybridized carbons (Fsp3) is 0.800. The standard InChI is InChI=1S/C15H26ClN3/c1-3-13(2)19-10-8-14(17-19)12-18(11-9-16)15-6-4-5-7-15/h8,10,13,15H,3-7,9,11-12H2,1-2H3. The molecule has 0 saturated heterocycles. The van der Waals surface area contributed by atoms with Crippen LogP contribution in [0.3, 0.4) is 0 Å². The molecule has 1 unspecified atom stereocenters. The Labute approximate surface area is 121 Å². The van der Waals surface area contributed by atoms with Crippen LogP contribution in [0.4, 0.5) is 0 Å². The molecule has 2 rings (SSSR count). The van der Waals surface area contributed by atoms with Crippen molar-refractivity contribution in [1.82, 2.24) is 14.7 Å². The summed E-state index contributed by atoms with van der Waals surface area (Å²) in [5.74, 6) is 0.711. The summed E-state index contributed by atoms with van der Waals surface area (Å²) in [7, 11) is 0. The Morgan fingerprint density at radius 1 is 1.47 bits per heavy atom. The Morgan fingerprint density at radius 2 is 2.21 bits per heavy atom. The van der Waals surface area contributed by atoms with Gasteiger partial charge >= 0.3 is 0 Å². The Bertz CT molecular complexity index is 371. The van der Waals surface area contributed by atoms with Crippen molar-refractivity contribution in [2.75, 3.05) is 12.4 Å². The first-order chi connectivity index (χ1) is 9.24. The summed E-state index contributed by atoms with van der Waals surface area (Å²) < 4.78 is 2.09. The molecule has 0 bridgehead atoms. The lowest BCUT2D eigenvalue weighted by Crippen LogP contribution is -2.34. The quantitative estimate of drug-likeness (QED) is 0.709. The molecule has 108 valence electrons. The van der Waals surface area contributed by atoms with Crippen LogP contribution in [-0.2, 0) is 6.54 Å². The second kappa shape index (κ2) is 7.30. The van der Waals surface area contributed by atoms with Crippen molar-refractivity contribution in [3.63, 3.8) is 0 Å². The fourth-order valence-electron chi connectivity index (χ4n) is 2.87. The predicted molar refractivity (Wildman–Crippen MR) is 80.6 cm³/mol. The zero-order valence-corrected chi connectivity index (χ0v) is 12.9. The van der Waals surface area contributed by atoms with Crippen molar-refractivity contribution in [2.45, 2.75) is 64.6 Å². The predicted octanol–water partition coefficient (Wildman–Crippen LogP) is 3.84. The van der Waals surface area contributed by atoms with E-state index in [0.29, 0.717) is 18.0 Å². The molecule has 0 aromatic carbocycles. The van der Waals surface area contributed by atoms with Crippen LogP contribution in [0, 0.1) is 0 Å². The molecule has 1 aliphatic carbocycles. The first-order valence-corrected chi connectivity index (χ1v) is 8.12. The van der Waals surface area contributed by atoms with Gasteiger partial charge in [-0.2, -0.15) is 5.10 Å². The van der Waals surface area contributed by atoms with Crippen LogP contribution in [-0.4, -0.2) is 33.1 Å². The molecule has 19 heavy (non-hydrogen) atoms. The van der Waals surface area contributed by atoms with Gasteiger partial charge in [0.2, 0.25) is 0 Å². The van der Waals surface area contributed by atoms with Gasteiger partial charge in [0.15, 0.2) is 0 Å². The molecule has 1 aliphatic rings. The highest BCUT2D eigenvalue weighted by atomic mass is 35.5. The molecule has 0 spiro atoms. The number of nitrogens with zero attached hydrogens (tertiary/aromatic N) is 3. The SMILES string of the molecule is CCC(C)n1ccc(CN(CCCl)C2CCCC2)n1. The zero-order chi connectivity index (χ0) is 13.7. The zero-order valence-electron chi connectivity index (χ0n) is 12.2. The molecule has 1 aromatic rings. The number of halogens is 1. The number of hydrogen-bond acceptors (Lipinski definition) is 2. The maximum atomic E-state index is 5.95. The first kappa shape index (κ1) is 14.9. The van der Waals surface area contributed by atoms with Crippen LogP contribution in [0.15, 0.2) is 12.3 Å². The van der Waals surface area contributed by atoms with E-state index >= 15 is 0 Å². The third-order valence-corrected chi connectivity index (χ3v) is 4.45. The summed E-state index contributed by atoms with van der Waals surface area (Å²) in [6.45, 7) is 6.33. The largest absolute Gasteiger partial charge is 0.293 e. The molecule has 0 N–H and O–H groups in total. The summed E-state index contributed by atoms with van der Waals surface area (Å²) >= 11 is 5.95. The van der Waals surface area contributed by atoms with Gasteiger partial charge in [-0.1, -0.05) is 19.8 Å². The molecular formula is C15H26ClN3. The number of aromatic nitrogens is 2. The Hall–Kier alpha value is -0.540. The Morgan fingerprint density at radius 3 is 2.84 bits per heavy atom. The van der Waals surface area contributed by atoms with Crippen molar-refractivity contribution in [3.05, 3.63) is 18.0 Å². The number of rotatable bonds is 7. The molecule has 3 nitrogen and oxygen atoms in total. The summed E-state index contributed by atoms with van der Waals surface area (Å²) in [5.41, 5.74) is 1.18. The van der Waals surface area contributed by atoms with Gasteiger partial charge in [0.25, 0.3) is 0 Å². The Kier molecular flexibility index (Phi) is 5.71. The van der Waals surface area contributed by atoms with Gasteiger partial charge in [-0.25, -0.2) is 0 Å². The van der Waals surface area contributed by atoms with Gasteiger partial charge in [-0.05, 0) is 32.3 Å². The summed E-state index contributed by atoms with van der Waals surface area (Å²) in [6, 6.07) is 3.36. The van der Waals surface area contributed by atoms with Crippen LogP contribution in [0.25, 0.3) is 0 Å². The average Bonchev–Trinajstić information content (AvgIpc) is 3.08. The highest BCUT2D eigenvalue weighted by Crippen LogP contribution is 2.24. The molecule has 0 aliphatic heterocycles. The average molecular weight is 284 g/mol. The highest BCUT2D eigenvalue weighted by Gasteiger charge is 2.22. The molecule has 1 heterocycles. The lowest BCUT2D eigenvalue weighted by molar-refractivity contribution is 0.198. The van der Waals surface area contributed by atoms with E-state index in [-0.39, 0.29) is 0 Å². The molecule has 0 radical (unpaired) electrons. The summed E-state index contributed by atoms with van der Waals surface area (Å²) in [6.07, 6.45) is 8.60. The van der Waals surface area contributed by atoms with Gasteiger partial charge in [0.1, 0.15) is 0 Å². The molecule has 4 heteroatoms. The first-order valence-electron chi connectivity index (χ1n) is 7.58. The van der Waals surface area contributed by atoms with E-state index < -0.39 is 0 Å². The minimum atomic E-state index is 0.488. The van der Waals surface area contributed by atoms with Crippen LogP contribution in [0.5, 0.6) is 0 Å². The van der Waals surface area contributed by atoms with Crippen molar-refractivity contribution < 1.29 is 0 Å². The van der Waals surface area contributed by atoms with Crippen LogP contribution < -0.4 is 0 Å². The van der Waals surface area contributed by atoms with Gasteiger partial charge in [0.05, 0.1) is 5.69 Å². The molecular weight excluding hydrogens is 258 g/mol. The van der Waals surface area contributed by atoms with Crippen molar-refractivity contribution in [3.8, 4) is 0 Å². The normalized spacial score (nSPS) is 18.3. The maximum absolute atomic E-state index is 5.95. The van der Waals surface area contributed by atoms with Gasteiger partial charge < -0.3 is 0 Å². The van der Waals surface area contributed by atoms with Crippen LogP contribution in [0.1, 0.15) is 57.7 Å². The van der Waals surface area contributed by atoms with E-state index in [9.17, 15) is 0 Å².